The van der Waals surface area contributed by atoms with Crippen molar-refractivity contribution in [1.82, 2.24) is 20.0 Å². The zero-order valence-electron chi connectivity index (χ0n) is 21.5. The van der Waals surface area contributed by atoms with Gasteiger partial charge in [0.05, 0.1) is 30.9 Å². The van der Waals surface area contributed by atoms with Crippen molar-refractivity contribution in [1.29, 1.82) is 0 Å². The zero-order valence-corrected chi connectivity index (χ0v) is 22.3. The number of carbonyl (C=O) groups excluding carboxylic acids is 2. The molecule has 2 amide bonds. The summed E-state index contributed by atoms with van der Waals surface area (Å²) in [4.78, 5) is 30.3. The number of alkyl halides is 3. The highest BCUT2D eigenvalue weighted by molar-refractivity contribution is 8.05. The number of aliphatic imine (C=N–C) groups is 1. The Hall–Kier alpha value is -4.00. The van der Waals surface area contributed by atoms with Gasteiger partial charge in [0.15, 0.2) is 5.17 Å². The number of halogens is 3. The summed E-state index contributed by atoms with van der Waals surface area (Å²) >= 11 is 0. The van der Waals surface area contributed by atoms with Crippen LogP contribution >= 0.6 is 0 Å². The summed E-state index contributed by atoms with van der Waals surface area (Å²) in [5.41, 5.74) is 0.427. The van der Waals surface area contributed by atoms with Gasteiger partial charge in [0.25, 0.3) is 5.91 Å². The molecule has 2 aliphatic heterocycles. The fourth-order valence-electron chi connectivity index (χ4n) is 4.71. The Bertz CT molecular complexity index is 1560. The van der Waals surface area contributed by atoms with Crippen molar-refractivity contribution in [3.8, 4) is 5.75 Å². The monoisotopic (exact) mass is 573 g/mol. The minimum absolute atomic E-state index is 0.0429. The highest BCUT2D eigenvalue weighted by Gasteiger charge is 2.34. The third-order valence-electron chi connectivity index (χ3n) is 6.74. The second-order valence-corrected chi connectivity index (χ2v) is 10.8. The van der Waals surface area contributed by atoms with Crippen LogP contribution in [-0.2, 0) is 33.1 Å². The molecule has 40 heavy (non-hydrogen) atoms. The highest BCUT2D eigenvalue weighted by Crippen LogP contribution is 2.35. The minimum atomic E-state index is -4.56. The SMILES string of the molecule is COc1ccc(Cn2ncc3cc(C=C4C(=O)NC(=NCCCN5CCCC5=O)S4=O)ccc32)c(C(F)(F)F)c1. The van der Waals surface area contributed by atoms with E-state index in [2.05, 4.69) is 15.4 Å². The summed E-state index contributed by atoms with van der Waals surface area (Å²) in [6.07, 6.45) is 0.491. The first-order valence-corrected chi connectivity index (χ1v) is 13.8. The molecule has 2 aromatic carbocycles. The molecule has 5 rings (SSSR count). The first-order chi connectivity index (χ1) is 19.1. The average Bonchev–Trinajstić information content (AvgIpc) is 3.59. The highest BCUT2D eigenvalue weighted by atomic mass is 32.2. The number of nitrogens with zero attached hydrogens (tertiary/aromatic N) is 4. The van der Waals surface area contributed by atoms with Crippen LogP contribution in [0.2, 0.25) is 0 Å². The van der Waals surface area contributed by atoms with Crippen LogP contribution < -0.4 is 10.1 Å². The molecule has 210 valence electrons. The number of amidine groups is 1. The second-order valence-electron chi connectivity index (χ2n) is 9.40. The molecule has 1 unspecified atom stereocenters. The van der Waals surface area contributed by atoms with E-state index in [1.54, 1.807) is 23.1 Å². The van der Waals surface area contributed by atoms with Crippen LogP contribution in [0.25, 0.3) is 17.0 Å². The van der Waals surface area contributed by atoms with Gasteiger partial charge < -0.3 is 9.64 Å². The second kappa shape index (κ2) is 11.2. The van der Waals surface area contributed by atoms with Crippen molar-refractivity contribution in [2.24, 2.45) is 4.99 Å². The molecule has 2 fully saturated rings. The molecule has 0 aliphatic carbocycles. The van der Waals surface area contributed by atoms with Crippen LogP contribution in [0.1, 0.15) is 36.0 Å². The first kappa shape index (κ1) is 27.6. The standard InChI is InChI=1S/C27H26F3N5O4S/c1-39-20-7-6-18(21(14-20)27(28,29)30)16-35-22-8-5-17(12-19(22)15-32-35)13-23-25(37)33-26(40(23)38)31-9-3-11-34-10-2-4-24(34)36/h5-8,12-15H,2-4,9-11,16H2,1H3,(H,31,33,37). The number of carbonyl (C=O) groups is 2. The number of likely N-dealkylation sites (tertiary alicyclic amines) is 1. The summed E-state index contributed by atoms with van der Waals surface area (Å²) in [6, 6.07) is 8.89. The molecule has 1 aromatic heterocycles. The third-order valence-corrected chi connectivity index (χ3v) is 8.02. The maximum atomic E-state index is 13.6. The van der Waals surface area contributed by atoms with Gasteiger partial charge in [0, 0.05) is 31.4 Å². The van der Waals surface area contributed by atoms with E-state index in [9.17, 15) is 27.0 Å². The van der Waals surface area contributed by atoms with Crippen molar-refractivity contribution in [3.63, 3.8) is 0 Å². The lowest BCUT2D eigenvalue weighted by Crippen LogP contribution is -2.26. The molecular weight excluding hydrogens is 547 g/mol. The number of fused-ring (bicyclic) bond motifs is 1. The van der Waals surface area contributed by atoms with E-state index >= 15 is 0 Å². The third kappa shape index (κ3) is 5.79. The van der Waals surface area contributed by atoms with E-state index in [4.69, 9.17) is 4.74 Å². The summed E-state index contributed by atoms with van der Waals surface area (Å²) in [7, 11) is -0.471. The first-order valence-electron chi connectivity index (χ1n) is 12.6. The molecule has 0 radical (unpaired) electrons. The number of methoxy groups -OCH3 is 1. The predicted octanol–water partition coefficient (Wildman–Crippen LogP) is 3.70. The Morgan fingerprint density at radius 2 is 2.02 bits per heavy atom. The molecule has 1 N–H and O–H groups in total. The van der Waals surface area contributed by atoms with E-state index in [-0.39, 0.29) is 33.8 Å². The van der Waals surface area contributed by atoms with Gasteiger partial charge in [-0.25, -0.2) is 4.21 Å². The molecule has 1 atom stereocenters. The molecule has 0 saturated carbocycles. The Kier molecular flexibility index (Phi) is 7.74. The smallest absolute Gasteiger partial charge is 0.416 e. The average molecular weight is 574 g/mol. The molecule has 13 heteroatoms. The topological polar surface area (TPSA) is 106 Å². The van der Waals surface area contributed by atoms with E-state index < -0.39 is 28.4 Å². The lowest BCUT2D eigenvalue weighted by atomic mass is 10.1. The summed E-state index contributed by atoms with van der Waals surface area (Å²) in [6.45, 7) is 1.53. The van der Waals surface area contributed by atoms with Gasteiger partial charge >= 0.3 is 6.18 Å². The molecule has 2 aliphatic rings. The lowest BCUT2D eigenvalue weighted by Gasteiger charge is -2.14. The molecule has 3 aromatic rings. The number of rotatable bonds is 8. The Morgan fingerprint density at radius 3 is 2.75 bits per heavy atom. The number of amides is 2. The van der Waals surface area contributed by atoms with Crippen molar-refractivity contribution in [2.75, 3.05) is 26.7 Å². The van der Waals surface area contributed by atoms with Gasteiger partial charge in [-0.3, -0.25) is 24.6 Å². The largest absolute Gasteiger partial charge is 0.497 e. The summed E-state index contributed by atoms with van der Waals surface area (Å²) in [5, 5.41) is 7.54. The summed E-state index contributed by atoms with van der Waals surface area (Å²) in [5.74, 6) is -0.272. The molecule has 0 spiro atoms. The minimum Gasteiger partial charge on any atom is -0.497 e. The fourth-order valence-corrected chi connectivity index (χ4v) is 5.78. The Morgan fingerprint density at radius 1 is 1.20 bits per heavy atom. The van der Waals surface area contributed by atoms with E-state index in [1.165, 1.54) is 36.2 Å². The van der Waals surface area contributed by atoms with Crippen molar-refractivity contribution in [2.45, 2.75) is 32.0 Å². The van der Waals surface area contributed by atoms with E-state index in [1.807, 2.05) is 0 Å². The van der Waals surface area contributed by atoms with Crippen LogP contribution in [0.5, 0.6) is 5.75 Å². The number of aromatic nitrogens is 2. The van der Waals surface area contributed by atoms with Gasteiger partial charge in [-0.15, -0.1) is 0 Å². The Balaban J connectivity index is 1.30. The molecule has 0 bridgehead atoms. The maximum Gasteiger partial charge on any atom is 0.416 e. The Labute approximate surface area is 230 Å². The molecular formula is C27H26F3N5O4S. The van der Waals surface area contributed by atoms with Crippen molar-refractivity contribution in [3.05, 3.63) is 64.2 Å². The van der Waals surface area contributed by atoms with Crippen LogP contribution in [0.4, 0.5) is 13.2 Å². The van der Waals surface area contributed by atoms with Crippen LogP contribution in [-0.4, -0.2) is 62.6 Å². The maximum absolute atomic E-state index is 13.6. The number of ether oxygens (including phenoxy) is 1. The van der Waals surface area contributed by atoms with Crippen molar-refractivity contribution >= 4 is 44.8 Å². The number of hydrogen-bond donors (Lipinski definition) is 1. The van der Waals surface area contributed by atoms with E-state index in [0.717, 1.165) is 19.0 Å². The van der Waals surface area contributed by atoms with Gasteiger partial charge in [0.1, 0.15) is 21.5 Å². The van der Waals surface area contributed by atoms with Gasteiger partial charge in [-0.2, -0.15) is 18.3 Å². The molecule has 3 heterocycles. The molecule has 2 saturated heterocycles. The zero-order chi connectivity index (χ0) is 28.4. The number of hydrogen-bond acceptors (Lipinski definition) is 6. The van der Waals surface area contributed by atoms with Crippen LogP contribution in [0, 0.1) is 0 Å². The number of nitrogens with one attached hydrogen (secondary N) is 1. The van der Waals surface area contributed by atoms with Gasteiger partial charge in [-0.05, 0) is 54.3 Å². The fraction of sp³-hybridized carbons (Fsp3) is 0.333. The van der Waals surface area contributed by atoms with Gasteiger partial charge in [0.2, 0.25) is 5.91 Å². The van der Waals surface area contributed by atoms with Crippen LogP contribution in [0.3, 0.4) is 0 Å². The van der Waals surface area contributed by atoms with Crippen LogP contribution in [0.15, 0.2) is 52.5 Å². The molecule has 9 nitrogen and oxygen atoms in total. The normalized spacial score (nSPS) is 19.8. The quantitative estimate of drug-likeness (QED) is 0.327. The van der Waals surface area contributed by atoms with Gasteiger partial charge in [-0.1, -0.05) is 12.1 Å². The number of benzene rings is 2. The van der Waals surface area contributed by atoms with E-state index in [0.29, 0.717) is 42.4 Å². The summed E-state index contributed by atoms with van der Waals surface area (Å²) < 4.78 is 60.2. The predicted molar refractivity (Wildman–Crippen MR) is 144 cm³/mol. The lowest BCUT2D eigenvalue weighted by molar-refractivity contribution is -0.138. The van der Waals surface area contributed by atoms with Crippen molar-refractivity contribution < 1.29 is 31.7 Å².